The van der Waals surface area contributed by atoms with E-state index >= 15 is 0 Å². The molecule has 0 saturated carbocycles. The fourth-order valence-corrected chi connectivity index (χ4v) is 3.63. The van der Waals surface area contributed by atoms with Crippen LogP contribution in [0.1, 0.15) is 25.7 Å². The molecule has 2 heterocycles. The van der Waals surface area contributed by atoms with Gasteiger partial charge in [0.2, 0.25) is 11.4 Å². The van der Waals surface area contributed by atoms with Gasteiger partial charge in [0.1, 0.15) is 12.0 Å². The van der Waals surface area contributed by atoms with Gasteiger partial charge in [-0.1, -0.05) is 12.2 Å². The molecule has 3 rings (SSSR count). The summed E-state index contributed by atoms with van der Waals surface area (Å²) in [6.45, 7) is -0.326. The van der Waals surface area contributed by atoms with Crippen LogP contribution in [0.4, 0.5) is 0 Å². The Balaban J connectivity index is 1.94. The normalized spacial score (nSPS) is 42.8. The number of ether oxygens (including phenoxy) is 1. The summed E-state index contributed by atoms with van der Waals surface area (Å²) in [4.78, 5) is 24.0. The van der Waals surface area contributed by atoms with E-state index in [1.165, 1.54) is 0 Å². The molecule has 7 nitrogen and oxygen atoms in total. The lowest BCUT2D eigenvalue weighted by atomic mass is 9.70. The van der Waals surface area contributed by atoms with Crippen LogP contribution in [0.5, 0.6) is 0 Å². The van der Waals surface area contributed by atoms with Crippen LogP contribution in [0.25, 0.3) is 0 Å². The van der Waals surface area contributed by atoms with E-state index in [4.69, 9.17) is 9.84 Å². The smallest absolute Gasteiger partial charge is 0.344 e. The molecule has 0 bridgehead atoms. The number of amides is 1. The number of hydrogen-bond donors (Lipinski definition) is 4. The second-order valence-electron chi connectivity index (χ2n) is 5.92. The van der Waals surface area contributed by atoms with Gasteiger partial charge in [0.05, 0.1) is 0 Å². The molecule has 0 unspecified atom stereocenters. The highest BCUT2D eigenvalue weighted by molar-refractivity contribution is 6.01. The third-order valence-corrected chi connectivity index (χ3v) is 4.80. The second-order valence-corrected chi connectivity index (χ2v) is 5.92. The van der Waals surface area contributed by atoms with Gasteiger partial charge in [0, 0.05) is 12.5 Å². The molecule has 1 aliphatic carbocycles. The quantitative estimate of drug-likeness (QED) is 0.383. The zero-order valence-electron chi connectivity index (χ0n) is 11.5. The summed E-state index contributed by atoms with van der Waals surface area (Å²) in [7, 11) is 0. The van der Waals surface area contributed by atoms with E-state index < -0.39 is 35.2 Å². The van der Waals surface area contributed by atoms with E-state index in [1.54, 1.807) is 6.08 Å². The molecule has 0 aromatic carbocycles. The standard InChI is InChI=1S/C14H19NO6/c16-7-6-9-11(18)15-13(12(19)21-14(9,13)20)10(17)8-4-2-1-3-5-8/h2,4,8-10,16-17,20H,1,3,5-7H2,(H,15,18)/t8-,9+,10+,13+,14-/m1/s1. The number of esters is 1. The van der Waals surface area contributed by atoms with Crippen molar-refractivity contribution in [3.63, 3.8) is 0 Å². The van der Waals surface area contributed by atoms with E-state index in [0.717, 1.165) is 12.8 Å². The number of hydrogen-bond acceptors (Lipinski definition) is 6. The maximum atomic E-state index is 12.0. The summed E-state index contributed by atoms with van der Waals surface area (Å²) in [6, 6.07) is 0. The molecule has 1 amide bonds. The zero-order chi connectivity index (χ0) is 15.3. The van der Waals surface area contributed by atoms with Gasteiger partial charge >= 0.3 is 5.97 Å². The number of carbonyl (C=O) groups is 2. The molecule has 3 aliphatic rings. The summed E-state index contributed by atoms with van der Waals surface area (Å²) in [5.41, 5.74) is -1.82. The summed E-state index contributed by atoms with van der Waals surface area (Å²) in [5.74, 6) is -4.90. The third-order valence-electron chi connectivity index (χ3n) is 4.80. The van der Waals surface area contributed by atoms with Crippen molar-refractivity contribution in [1.82, 2.24) is 5.32 Å². The Morgan fingerprint density at radius 3 is 2.81 bits per heavy atom. The second kappa shape index (κ2) is 4.79. The lowest BCUT2D eigenvalue weighted by molar-refractivity contribution is -0.321. The number of aliphatic hydroxyl groups excluding tert-OH is 2. The van der Waals surface area contributed by atoms with Crippen molar-refractivity contribution in [2.75, 3.05) is 6.61 Å². The zero-order valence-corrected chi connectivity index (χ0v) is 11.5. The van der Waals surface area contributed by atoms with Crippen LogP contribution in [-0.2, 0) is 14.3 Å². The van der Waals surface area contributed by atoms with Crippen molar-refractivity contribution in [1.29, 1.82) is 0 Å². The molecule has 2 saturated heterocycles. The van der Waals surface area contributed by atoms with Crippen LogP contribution in [-0.4, -0.2) is 51.2 Å². The summed E-state index contributed by atoms with van der Waals surface area (Å²) in [6.07, 6.45) is 4.88. The number of nitrogens with one attached hydrogen (secondary N) is 1. The highest BCUT2D eigenvalue weighted by atomic mass is 16.7. The minimum absolute atomic E-state index is 0.0371. The van der Waals surface area contributed by atoms with Crippen molar-refractivity contribution >= 4 is 11.9 Å². The van der Waals surface area contributed by atoms with Crippen LogP contribution >= 0.6 is 0 Å². The molecule has 2 fully saturated rings. The average Bonchev–Trinajstić information content (AvgIpc) is 2.65. The van der Waals surface area contributed by atoms with Gasteiger partial charge in [-0.3, -0.25) is 4.79 Å². The van der Waals surface area contributed by atoms with Gasteiger partial charge < -0.3 is 25.4 Å². The molecule has 116 valence electrons. The monoisotopic (exact) mass is 297 g/mol. The Hall–Kier alpha value is -1.44. The predicted molar refractivity (Wildman–Crippen MR) is 69.6 cm³/mol. The summed E-state index contributed by atoms with van der Waals surface area (Å²) in [5, 5.41) is 32.7. The number of aliphatic hydroxyl groups is 3. The van der Waals surface area contributed by atoms with Gasteiger partial charge in [-0.2, -0.15) is 0 Å². The lowest BCUT2D eigenvalue weighted by Gasteiger charge is -2.52. The molecule has 2 aliphatic heterocycles. The third kappa shape index (κ3) is 1.71. The first-order chi connectivity index (χ1) is 9.97. The molecule has 0 aromatic rings. The SMILES string of the molecule is O=C1N[C@@]2([C@@H](O)[C@@H]3C=CCCC3)C(=O)O[C@]2(O)[C@H]1CCO. The maximum Gasteiger partial charge on any atom is 0.344 e. The Labute approximate surface area is 121 Å². The first-order valence-electron chi connectivity index (χ1n) is 7.21. The highest BCUT2D eigenvalue weighted by Gasteiger charge is 2.81. The van der Waals surface area contributed by atoms with E-state index in [-0.39, 0.29) is 18.9 Å². The van der Waals surface area contributed by atoms with E-state index in [0.29, 0.717) is 6.42 Å². The lowest BCUT2D eigenvalue weighted by Crippen LogP contribution is -2.81. The Bertz CT molecular complexity index is 506. The van der Waals surface area contributed by atoms with Gasteiger partial charge in [0.15, 0.2) is 0 Å². The van der Waals surface area contributed by atoms with Crippen LogP contribution in [0, 0.1) is 11.8 Å². The molecule has 0 spiro atoms. The Kier molecular flexibility index (Phi) is 3.31. The molecule has 4 N–H and O–H groups in total. The average molecular weight is 297 g/mol. The summed E-state index contributed by atoms with van der Waals surface area (Å²) < 4.78 is 4.84. The summed E-state index contributed by atoms with van der Waals surface area (Å²) >= 11 is 0. The molecule has 7 heteroatoms. The van der Waals surface area contributed by atoms with Gasteiger partial charge in [-0.15, -0.1) is 0 Å². The number of allylic oxidation sites excluding steroid dienone is 1. The Morgan fingerprint density at radius 2 is 2.24 bits per heavy atom. The van der Waals surface area contributed by atoms with E-state index in [9.17, 15) is 19.8 Å². The van der Waals surface area contributed by atoms with E-state index in [2.05, 4.69) is 5.32 Å². The minimum atomic E-state index is -2.09. The van der Waals surface area contributed by atoms with Crippen molar-refractivity contribution < 1.29 is 29.6 Å². The topological polar surface area (TPSA) is 116 Å². The minimum Gasteiger partial charge on any atom is -0.427 e. The maximum absolute atomic E-state index is 12.0. The van der Waals surface area contributed by atoms with Crippen molar-refractivity contribution in [3.05, 3.63) is 12.2 Å². The van der Waals surface area contributed by atoms with Gasteiger partial charge in [0.25, 0.3) is 5.79 Å². The first kappa shape index (κ1) is 14.5. The molecule has 0 radical (unpaired) electrons. The van der Waals surface area contributed by atoms with Crippen LogP contribution < -0.4 is 5.32 Å². The van der Waals surface area contributed by atoms with Crippen molar-refractivity contribution in [2.24, 2.45) is 11.8 Å². The predicted octanol–water partition coefficient (Wildman–Crippen LogP) is -1.18. The highest BCUT2D eigenvalue weighted by Crippen LogP contribution is 2.51. The molecule has 21 heavy (non-hydrogen) atoms. The van der Waals surface area contributed by atoms with Crippen LogP contribution in [0.3, 0.4) is 0 Å². The number of carbonyl (C=O) groups excluding carboxylic acids is 2. The number of rotatable bonds is 4. The van der Waals surface area contributed by atoms with Crippen molar-refractivity contribution in [3.8, 4) is 0 Å². The largest absolute Gasteiger partial charge is 0.427 e. The van der Waals surface area contributed by atoms with Gasteiger partial charge in [-0.05, 0) is 25.7 Å². The van der Waals surface area contributed by atoms with Crippen LogP contribution in [0.2, 0.25) is 0 Å². The Morgan fingerprint density at radius 1 is 1.48 bits per heavy atom. The first-order valence-corrected chi connectivity index (χ1v) is 7.21. The van der Waals surface area contributed by atoms with Gasteiger partial charge in [-0.25, -0.2) is 4.79 Å². The number of fused-ring (bicyclic) bond motifs is 1. The fraction of sp³-hybridized carbons (Fsp3) is 0.714. The van der Waals surface area contributed by atoms with Crippen LogP contribution in [0.15, 0.2) is 12.2 Å². The van der Waals surface area contributed by atoms with Crippen molar-refractivity contribution in [2.45, 2.75) is 43.1 Å². The molecule has 5 atom stereocenters. The molecule has 0 aromatic heterocycles. The van der Waals surface area contributed by atoms with E-state index in [1.807, 2.05) is 6.08 Å². The fourth-order valence-electron chi connectivity index (χ4n) is 3.63. The molecular formula is C14H19NO6. The molecular weight excluding hydrogens is 278 g/mol.